The molecule has 0 atom stereocenters. The largest absolute Gasteiger partial charge is 0.255 e. The molecule has 2 aromatic heterocycles. The molecule has 0 bridgehead atoms. The van der Waals surface area contributed by atoms with Crippen molar-refractivity contribution in [3.63, 3.8) is 0 Å². The van der Waals surface area contributed by atoms with Gasteiger partial charge >= 0.3 is 0 Å². The minimum absolute atomic E-state index is 0.790. The number of rotatable bonds is 1. The van der Waals surface area contributed by atoms with Gasteiger partial charge in [0.25, 0.3) is 0 Å². The van der Waals surface area contributed by atoms with E-state index in [9.17, 15) is 0 Å². The lowest BCUT2D eigenvalue weighted by atomic mass is 10.3. The highest BCUT2D eigenvalue weighted by atomic mass is 15.4. The Kier molecular flexibility index (Phi) is 1.55. The number of hydrogen-bond donors (Lipinski definition) is 0. The van der Waals surface area contributed by atoms with Gasteiger partial charge in [-0.1, -0.05) is 5.21 Å². The molecular weight excluding hydrogens is 154 g/mol. The van der Waals surface area contributed by atoms with Gasteiger partial charge < -0.3 is 0 Å². The fourth-order valence-electron chi connectivity index (χ4n) is 0.911. The molecule has 0 aliphatic carbocycles. The summed E-state index contributed by atoms with van der Waals surface area (Å²) in [6.45, 7) is 0. The third kappa shape index (κ3) is 1.16. The van der Waals surface area contributed by atoms with Gasteiger partial charge in [-0.2, -0.15) is 0 Å². The third-order valence-electron chi connectivity index (χ3n) is 1.46. The molecule has 2 heterocycles. The number of nitrogens with zero attached hydrogens (tertiary/aromatic N) is 5. The minimum atomic E-state index is 0.790. The summed E-state index contributed by atoms with van der Waals surface area (Å²) < 4.78 is 1.64. The van der Waals surface area contributed by atoms with Crippen LogP contribution in [-0.4, -0.2) is 25.0 Å². The lowest BCUT2D eigenvalue weighted by molar-refractivity contribution is 0.715. The van der Waals surface area contributed by atoms with Gasteiger partial charge in [-0.05, 0) is 0 Å². The van der Waals surface area contributed by atoms with Crippen LogP contribution in [0.3, 0.4) is 0 Å². The van der Waals surface area contributed by atoms with E-state index < -0.39 is 0 Å². The summed E-state index contributed by atoms with van der Waals surface area (Å²) >= 11 is 0. The molecule has 2 rings (SSSR count). The summed E-state index contributed by atoms with van der Waals surface area (Å²) in [6, 6.07) is 0. The van der Waals surface area contributed by atoms with Crippen LogP contribution in [0, 0.1) is 0 Å². The Morgan fingerprint density at radius 2 is 2.00 bits per heavy atom. The van der Waals surface area contributed by atoms with Crippen molar-refractivity contribution in [2.24, 2.45) is 7.05 Å². The quantitative estimate of drug-likeness (QED) is 0.602. The summed E-state index contributed by atoms with van der Waals surface area (Å²) in [5.41, 5.74) is 1.67. The molecule has 2 aromatic rings. The van der Waals surface area contributed by atoms with E-state index in [-0.39, 0.29) is 0 Å². The van der Waals surface area contributed by atoms with Crippen molar-refractivity contribution in [3.8, 4) is 11.3 Å². The molecule has 0 saturated carbocycles. The standard InChI is InChI=1S/C7H7N5/c1-12-4-7(10-11-12)6-2-8-5-9-3-6/h2-5H,1H3. The lowest BCUT2D eigenvalue weighted by Crippen LogP contribution is -1.85. The Morgan fingerprint density at radius 3 is 2.58 bits per heavy atom. The van der Waals surface area contributed by atoms with Crippen molar-refractivity contribution in [1.82, 2.24) is 25.0 Å². The summed E-state index contributed by atoms with van der Waals surface area (Å²) in [5.74, 6) is 0. The highest BCUT2D eigenvalue weighted by molar-refractivity contribution is 5.54. The molecule has 12 heavy (non-hydrogen) atoms. The molecule has 5 heteroatoms. The monoisotopic (exact) mass is 161 g/mol. The van der Waals surface area contributed by atoms with Gasteiger partial charge in [0.2, 0.25) is 0 Å². The average Bonchev–Trinajstić information content (AvgIpc) is 2.54. The van der Waals surface area contributed by atoms with Gasteiger partial charge in [0.05, 0.1) is 6.20 Å². The molecule has 0 N–H and O–H groups in total. The van der Waals surface area contributed by atoms with Gasteiger partial charge in [0, 0.05) is 25.0 Å². The molecule has 0 fully saturated rings. The maximum atomic E-state index is 3.92. The molecule has 0 unspecified atom stereocenters. The van der Waals surface area contributed by atoms with E-state index >= 15 is 0 Å². The summed E-state index contributed by atoms with van der Waals surface area (Å²) in [7, 11) is 1.82. The first kappa shape index (κ1) is 6.90. The predicted molar refractivity (Wildman–Crippen MR) is 42.0 cm³/mol. The van der Waals surface area contributed by atoms with E-state index in [0.717, 1.165) is 11.3 Å². The van der Waals surface area contributed by atoms with Gasteiger partial charge in [-0.15, -0.1) is 5.10 Å². The van der Waals surface area contributed by atoms with Crippen molar-refractivity contribution in [3.05, 3.63) is 24.9 Å². The van der Waals surface area contributed by atoms with Crippen LogP contribution in [-0.2, 0) is 7.05 Å². The summed E-state index contributed by atoms with van der Waals surface area (Å²) in [5, 5.41) is 7.72. The minimum Gasteiger partial charge on any atom is -0.255 e. The SMILES string of the molecule is Cn1cc(-c2cncnc2)nn1. The molecule has 60 valence electrons. The first-order chi connectivity index (χ1) is 5.86. The Bertz CT molecular complexity index is 366. The Hall–Kier alpha value is -1.78. The van der Waals surface area contributed by atoms with Crippen LogP contribution in [0.15, 0.2) is 24.9 Å². The second-order valence-corrected chi connectivity index (χ2v) is 2.40. The van der Waals surface area contributed by atoms with Crippen molar-refractivity contribution in [2.75, 3.05) is 0 Å². The molecule has 0 spiro atoms. The zero-order chi connectivity index (χ0) is 8.39. The second kappa shape index (κ2) is 2.69. The maximum absolute atomic E-state index is 3.92. The molecule has 0 amide bonds. The van der Waals surface area contributed by atoms with Crippen LogP contribution in [0.2, 0.25) is 0 Å². The van der Waals surface area contributed by atoms with Gasteiger partial charge in [-0.25, -0.2) is 9.97 Å². The van der Waals surface area contributed by atoms with Crippen molar-refractivity contribution in [2.45, 2.75) is 0 Å². The number of hydrogen-bond acceptors (Lipinski definition) is 4. The first-order valence-electron chi connectivity index (χ1n) is 3.48. The maximum Gasteiger partial charge on any atom is 0.116 e. The summed E-state index contributed by atoms with van der Waals surface area (Å²) in [6.07, 6.45) is 6.71. The van der Waals surface area contributed by atoms with E-state index in [2.05, 4.69) is 20.3 Å². The predicted octanol–water partition coefficient (Wildman–Crippen LogP) is 0.272. The normalized spacial score (nSPS) is 10.1. The Balaban J connectivity index is 2.45. The second-order valence-electron chi connectivity index (χ2n) is 2.40. The van der Waals surface area contributed by atoms with E-state index in [0.29, 0.717) is 0 Å². The summed E-state index contributed by atoms with van der Waals surface area (Å²) in [4.78, 5) is 7.76. The van der Waals surface area contributed by atoms with Crippen molar-refractivity contribution >= 4 is 0 Å². The van der Waals surface area contributed by atoms with Gasteiger partial charge in [0.1, 0.15) is 12.0 Å². The van der Waals surface area contributed by atoms with E-state index in [4.69, 9.17) is 0 Å². The van der Waals surface area contributed by atoms with Crippen LogP contribution < -0.4 is 0 Å². The van der Waals surface area contributed by atoms with Crippen molar-refractivity contribution in [1.29, 1.82) is 0 Å². The Labute approximate surface area is 69.1 Å². The third-order valence-corrected chi connectivity index (χ3v) is 1.46. The number of aryl methyl sites for hydroxylation is 1. The molecule has 0 aromatic carbocycles. The topological polar surface area (TPSA) is 56.5 Å². The first-order valence-corrected chi connectivity index (χ1v) is 3.48. The van der Waals surface area contributed by atoms with Gasteiger partial charge in [0.15, 0.2) is 0 Å². The number of aromatic nitrogens is 5. The zero-order valence-corrected chi connectivity index (χ0v) is 6.55. The fourth-order valence-corrected chi connectivity index (χ4v) is 0.911. The van der Waals surface area contributed by atoms with Crippen LogP contribution in [0.5, 0.6) is 0 Å². The van der Waals surface area contributed by atoms with Crippen LogP contribution >= 0.6 is 0 Å². The molecule has 5 nitrogen and oxygen atoms in total. The average molecular weight is 161 g/mol. The Morgan fingerprint density at radius 1 is 1.25 bits per heavy atom. The van der Waals surface area contributed by atoms with E-state index in [1.54, 1.807) is 17.1 Å². The van der Waals surface area contributed by atoms with E-state index in [1.807, 2.05) is 13.2 Å². The van der Waals surface area contributed by atoms with Crippen LogP contribution in [0.4, 0.5) is 0 Å². The molecule has 0 aliphatic rings. The molecule has 0 radical (unpaired) electrons. The highest BCUT2D eigenvalue weighted by Gasteiger charge is 2.00. The molecular formula is C7H7N5. The lowest BCUT2D eigenvalue weighted by Gasteiger charge is -1.89. The zero-order valence-electron chi connectivity index (χ0n) is 6.55. The highest BCUT2D eigenvalue weighted by Crippen LogP contribution is 2.11. The van der Waals surface area contributed by atoms with E-state index in [1.165, 1.54) is 6.33 Å². The molecule has 0 aliphatic heterocycles. The molecule has 0 saturated heterocycles. The fraction of sp³-hybridized carbons (Fsp3) is 0.143. The van der Waals surface area contributed by atoms with Crippen LogP contribution in [0.25, 0.3) is 11.3 Å². The van der Waals surface area contributed by atoms with Gasteiger partial charge in [-0.3, -0.25) is 4.68 Å². The van der Waals surface area contributed by atoms with Crippen LogP contribution in [0.1, 0.15) is 0 Å². The smallest absolute Gasteiger partial charge is 0.116 e. The van der Waals surface area contributed by atoms with Crippen molar-refractivity contribution < 1.29 is 0 Å².